The van der Waals surface area contributed by atoms with E-state index in [1.54, 1.807) is 6.92 Å². The molecular weight excluding hydrogens is 608 g/mol. The first-order valence-electron chi connectivity index (χ1n) is 19.5. The average Bonchev–Trinajstić information content (AvgIpc) is 3.96. The molecule has 48 heavy (non-hydrogen) atoms. The molecule has 6 aliphatic carbocycles. The lowest BCUT2D eigenvalue weighted by atomic mass is 9.41. The maximum absolute atomic E-state index is 12.9. The molecule has 1 amide bonds. The maximum Gasteiger partial charge on any atom is 0.320 e. The summed E-state index contributed by atoms with van der Waals surface area (Å²) in [6.07, 6.45) is 11.1. The van der Waals surface area contributed by atoms with E-state index in [0.717, 1.165) is 25.7 Å². The van der Waals surface area contributed by atoms with Gasteiger partial charge < -0.3 is 34.6 Å². The fourth-order valence-corrected chi connectivity index (χ4v) is 14.0. The normalized spacial score (nSPS) is 51.1. The molecule has 2 spiro atoms. The Bertz CT molecular complexity index is 1300. The van der Waals surface area contributed by atoms with Crippen molar-refractivity contribution in [1.82, 2.24) is 10.2 Å². The molecule has 9 heteroatoms. The Morgan fingerprint density at radius 3 is 2.48 bits per heavy atom. The second kappa shape index (κ2) is 11.4. The largest absolute Gasteiger partial charge is 0.480 e. The number of carboxylic acids is 1. The zero-order valence-electron chi connectivity index (χ0n) is 30.3. The van der Waals surface area contributed by atoms with Crippen LogP contribution in [0.4, 0.5) is 0 Å². The summed E-state index contributed by atoms with van der Waals surface area (Å²) in [5.41, 5.74) is 0.375. The van der Waals surface area contributed by atoms with Gasteiger partial charge in [-0.1, -0.05) is 34.6 Å². The third kappa shape index (κ3) is 4.71. The van der Waals surface area contributed by atoms with Gasteiger partial charge in [-0.3, -0.25) is 9.59 Å². The van der Waals surface area contributed by atoms with Crippen LogP contribution in [-0.4, -0.2) is 90.0 Å². The summed E-state index contributed by atoms with van der Waals surface area (Å²) in [5, 5.41) is 25.0. The average molecular weight is 671 g/mol. The summed E-state index contributed by atoms with van der Waals surface area (Å²) in [6, 6.07) is -0.621. The lowest BCUT2D eigenvalue weighted by Gasteiger charge is -2.64. The fourth-order valence-electron chi connectivity index (χ4n) is 14.0. The van der Waals surface area contributed by atoms with Gasteiger partial charge in [0.1, 0.15) is 6.04 Å². The number of rotatable bonds is 8. The lowest BCUT2D eigenvalue weighted by molar-refractivity contribution is -0.248. The number of carbonyl (C=O) groups is 2. The second-order valence-electron chi connectivity index (χ2n) is 19.0. The number of aliphatic hydroxyl groups is 1. The second-order valence-corrected chi connectivity index (χ2v) is 19.0. The molecule has 0 aromatic heterocycles. The topological polar surface area (TPSA) is 118 Å². The van der Waals surface area contributed by atoms with Crippen LogP contribution in [0.5, 0.6) is 0 Å². The number of fused-ring (bicyclic) bond motifs is 4. The van der Waals surface area contributed by atoms with Gasteiger partial charge in [-0.25, -0.2) is 0 Å². The molecule has 0 aromatic rings. The van der Waals surface area contributed by atoms with Gasteiger partial charge in [0.05, 0.1) is 37.6 Å². The summed E-state index contributed by atoms with van der Waals surface area (Å²) in [6.45, 7) is 16.1. The van der Waals surface area contributed by atoms with Gasteiger partial charge in [-0.05, 0) is 122 Å². The lowest BCUT2D eigenvalue weighted by Crippen LogP contribution is -2.60. The van der Waals surface area contributed by atoms with Crippen molar-refractivity contribution in [2.24, 2.45) is 56.7 Å². The Morgan fingerprint density at radius 1 is 1.02 bits per heavy atom. The number of ether oxygens (including phenoxy) is 3. The van der Waals surface area contributed by atoms with Crippen LogP contribution in [0.25, 0.3) is 0 Å². The summed E-state index contributed by atoms with van der Waals surface area (Å²) in [7, 11) is 0. The number of hydrogen-bond donors (Lipinski definition) is 3. The van der Waals surface area contributed by atoms with Crippen molar-refractivity contribution in [2.45, 2.75) is 149 Å². The number of carboxylic acid groups (broad SMARTS) is 1. The number of amides is 1. The molecular formula is C39H62N2O7. The highest BCUT2D eigenvalue weighted by Crippen LogP contribution is 2.89. The van der Waals surface area contributed by atoms with Crippen LogP contribution in [0.15, 0.2) is 0 Å². The first-order valence-corrected chi connectivity index (χ1v) is 19.5. The van der Waals surface area contributed by atoms with Crippen LogP contribution in [0.1, 0.15) is 112 Å². The minimum Gasteiger partial charge on any atom is -0.480 e. The van der Waals surface area contributed by atoms with E-state index in [2.05, 4.69) is 39.9 Å². The van der Waals surface area contributed by atoms with E-state index in [-0.39, 0.29) is 52.2 Å². The Labute approximate surface area is 287 Å². The fraction of sp³-hybridized carbons (Fsp3) is 0.949. The van der Waals surface area contributed by atoms with Crippen molar-refractivity contribution in [3.05, 3.63) is 0 Å². The molecule has 270 valence electrons. The summed E-state index contributed by atoms with van der Waals surface area (Å²) < 4.78 is 19.8. The minimum atomic E-state index is -0.851. The van der Waals surface area contributed by atoms with Gasteiger partial charge in [0.15, 0.2) is 6.29 Å². The van der Waals surface area contributed by atoms with Crippen molar-refractivity contribution in [2.75, 3.05) is 26.2 Å². The molecule has 8 aliphatic rings. The van der Waals surface area contributed by atoms with Gasteiger partial charge in [0.25, 0.3) is 0 Å². The van der Waals surface area contributed by atoms with E-state index in [4.69, 9.17) is 14.2 Å². The highest BCUT2D eigenvalue weighted by molar-refractivity contribution is 5.76. The first kappa shape index (κ1) is 33.9. The number of morpholine rings is 1. The molecule has 2 heterocycles. The number of nitrogens with one attached hydrogen (secondary N) is 1. The van der Waals surface area contributed by atoms with E-state index in [1.165, 1.54) is 38.5 Å². The summed E-state index contributed by atoms with van der Waals surface area (Å²) in [5.74, 6) is 1.77. The van der Waals surface area contributed by atoms with Gasteiger partial charge >= 0.3 is 5.97 Å². The zero-order valence-corrected chi connectivity index (χ0v) is 30.3. The van der Waals surface area contributed by atoms with Crippen molar-refractivity contribution in [3.8, 4) is 0 Å². The molecule has 14 atom stereocenters. The molecule has 0 radical (unpaired) electrons. The smallest absolute Gasteiger partial charge is 0.320 e. The van der Waals surface area contributed by atoms with Gasteiger partial charge in [-0.2, -0.15) is 0 Å². The van der Waals surface area contributed by atoms with Gasteiger partial charge in [0, 0.05) is 24.9 Å². The number of carbonyl (C=O) groups excluding carboxylic acids is 1. The molecule has 0 aromatic carbocycles. The highest BCUT2D eigenvalue weighted by atomic mass is 16.7. The summed E-state index contributed by atoms with van der Waals surface area (Å²) in [4.78, 5) is 26.3. The standard InChI is InChI=1S/C39H62N2O7/c1-22-17-25(19-40-23(2)34(44)45)47-32-31(22)36(5)13-14-39-21-38(39)12-11-28(35(3,4)26(38)9-10-27(39)37(36,6)33(32)43)48-30-20-41(15-16-46-30)29(42)18-24-7-8-24/h22-28,30-33,40,43H,7-21H2,1-6H3,(H,44,45)/t22-,23-,25?,26+,27?,28?,30+,31+,32?,33+,36-,37-,38-,39+/m1/s1. The molecule has 8 fully saturated rings. The number of aliphatic hydroxyl groups excluding tert-OH is 1. The van der Waals surface area contributed by atoms with Crippen molar-refractivity contribution in [1.29, 1.82) is 0 Å². The SMILES string of the molecule is C[C@@H]1CC(CN[C@H](C)C(=O)O)OC2[C@H]1[C@@]1(C)CC[C@@]34C[C@@]35CCC(O[C@H]3CN(C(=O)CC6CC6)CCO3)C(C)(C)[C@@H]5CCC4[C@]1(C)[C@H]2O. The first-order chi connectivity index (χ1) is 22.7. The van der Waals surface area contributed by atoms with E-state index in [1.807, 2.05) is 4.90 Å². The molecule has 3 N–H and O–H groups in total. The van der Waals surface area contributed by atoms with Crippen molar-refractivity contribution >= 4 is 11.9 Å². The Morgan fingerprint density at radius 2 is 1.75 bits per heavy atom. The van der Waals surface area contributed by atoms with Crippen LogP contribution in [0, 0.1) is 56.7 Å². The number of aliphatic carboxylic acids is 1. The van der Waals surface area contributed by atoms with Gasteiger partial charge in [-0.15, -0.1) is 0 Å². The Kier molecular flexibility index (Phi) is 8.02. The number of hydrogen-bond acceptors (Lipinski definition) is 7. The monoisotopic (exact) mass is 670 g/mol. The van der Waals surface area contributed by atoms with Crippen LogP contribution in [0.3, 0.4) is 0 Å². The quantitative estimate of drug-likeness (QED) is 0.322. The summed E-state index contributed by atoms with van der Waals surface area (Å²) >= 11 is 0. The van der Waals surface area contributed by atoms with E-state index in [0.29, 0.717) is 67.7 Å². The minimum absolute atomic E-state index is 0.00521. The number of nitrogens with zero attached hydrogens (tertiary/aromatic N) is 1. The van der Waals surface area contributed by atoms with Crippen LogP contribution >= 0.6 is 0 Å². The Balaban J connectivity index is 0.981. The molecule has 2 aliphatic heterocycles. The Hall–Kier alpha value is -1.26. The van der Waals surface area contributed by atoms with Gasteiger partial charge in [0.2, 0.25) is 5.91 Å². The molecule has 4 unspecified atom stereocenters. The molecule has 0 bridgehead atoms. The third-order valence-corrected chi connectivity index (χ3v) is 16.7. The van der Waals surface area contributed by atoms with E-state index < -0.39 is 18.1 Å². The molecule has 9 nitrogen and oxygen atoms in total. The van der Waals surface area contributed by atoms with Crippen molar-refractivity contribution < 1.29 is 34.0 Å². The maximum atomic E-state index is 12.9. The van der Waals surface area contributed by atoms with Crippen LogP contribution in [0.2, 0.25) is 0 Å². The zero-order chi connectivity index (χ0) is 34.0. The predicted octanol–water partition coefficient (Wildman–Crippen LogP) is 5.23. The van der Waals surface area contributed by atoms with Crippen molar-refractivity contribution in [3.63, 3.8) is 0 Å². The third-order valence-electron chi connectivity index (χ3n) is 16.7. The van der Waals surface area contributed by atoms with Crippen LogP contribution in [-0.2, 0) is 23.8 Å². The molecule has 6 saturated carbocycles. The van der Waals surface area contributed by atoms with E-state index in [9.17, 15) is 19.8 Å². The highest BCUT2D eigenvalue weighted by Gasteiger charge is 2.84. The molecule has 8 rings (SSSR count). The van der Waals surface area contributed by atoms with E-state index >= 15 is 0 Å². The molecule has 2 saturated heterocycles. The predicted molar refractivity (Wildman–Crippen MR) is 180 cm³/mol. The van der Waals surface area contributed by atoms with Crippen LogP contribution < -0.4 is 5.32 Å².